The number of fused-ring (bicyclic) bond motifs is 1. The van der Waals surface area contributed by atoms with Gasteiger partial charge in [-0.2, -0.15) is 5.10 Å². The first-order valence-electron chi connectivity index (χ1n) is 10.3. The Balaban J connectivity index is 1.61. The summed E-state index contributed by atoms with van der Waals surface area (Å²) in [7, 11) is 0. The Labute approximate surface area is 165 Å². The summed E-state index contributed by atoms with van der Waals surface area (Å²) in [4.78, 5) is 26.9. The molecule has 0 unspecified atom stereocenters. The van der Waals surface area contributed by atoms with Gasteiger partial charge in [0.2, 0.25) is 5.91 Å². The highest BCUT2D eigenvalue weighted by Crippen LogP contribution is 2.30. The third-order valence-corrected chi connectivity index (χ3v) is 5.87. The summed E-state index contributed by atoms with van der Waals surface area (Å²) in [5, 5.41) is 7.82. The Bertz CT molecular complexity index is 902. The maximum absolute atomic E-state index is 13.3. The predicted molar refractivity (Wildman–Crippen MR) is 108 cm³/mol. The molecule has 6 heteroatoms. The Morgan fingerprint density at radius 2 is 2.04 bits per heavy atom. The van der Waals surface area contributed by atoms with Gasteiger partial charge in [-0.3, -0.25) is 9.59 Å². The van der Waals surface area contributed by atoms with Gasteiger partial charge in [-0.25, -0.2) is 4.68 Å². The quantitative estimate of drug-likeness (QED) is 0.887. The molecule has 0 radical (unpaired) electrons. The Morgan fingerprint density at radius 1 is 1.21 bits per heavy atom. The molecule has 1 aliphatic heterocycles. The third kappa shape index (κ3) is 3.43. The molecule has 0 bridgehead atoms. The number of aryl methyl sites for hydroxylation is 1. The van der Waals surface area contributed by atoms with Crippen LogP contribution in [0, 0.1) is 6.92 Å². The van der Waals surface area contributed by atoms with E-state index < -0.39 is 0 Å². The topological polar surface area (TPSA) is 67.2 Å². The largest absolute Gasteiger partial charge is 0.352 e. The summed E-state index contributed by atoms with van der Waals surface area (Å²) in [5.74, 6) is 0.0463. The van der Waals surface area contributed by atoms with E-state index in [1.54, 1.807) is 0 Å². The van der Waals surface area contributed by atoms with E-state index in [2.05, 4.69) is 24.4 Å². The fraction of sp³-hybridized carbons (Fsp3) is 0.500. The van der Waals surface area contributed by atoms with Gasteiger partial charge < -0.3 is 10.2 Å². The minimum Gasteiger partial charge on any atom is -0.352 e. The van der Waals surface area contributed by atoms with E-state index in [0.29, 0.717) is 18.7 Å². The number of aromatic nitrogens is 2. The van der Waals surface area contributed by atoms with Crippen LogP contribution in [0.2, 0.25) is 0 Å². The molecule has 1 aliphatic carbocycles. The minimum absolute atomic E-state index is 0.000863. The lowest BCUT2D eigenvalue weighted by atomic mass is 10.0. The van der Waals surface area contributed by atoms with Crippen LogP contribution in [0.3, 0.4) is 0 Å². The van der Waals surface area contributed by atoms with Crippen molar-refractivity contribution in [2.75, 3.05) is 13.1 Å². The minimum atomic E-state index is 0.000863. The van der Waals surface area contributed by atoms with Crippen LogP contribution in [0.25, 0.3) is 5.69 Å². The van der Waals surface area contributed by atoms with Crippen molar-refractivity contribution < 1.29 is 9.59 Å². The highest BCUT2D eigenvalue weighted by atomic mass is 16.2. The summed E-state index contributed by atoms with van der Waals surface area (Å²) >= 11 is 0. The average Bonchev–Trinajstić information content (AvgIpc) is 3.31. The molecule has 148 valence electrons. The highest BCUT2D eigenvalue weighted by molar-refractivity contribution is 5.94. The van der Waals surface area contributed by atoms with Crippen molar-refractivity contribution >= 4 is 11.8 Å². The van der Waals surface area contributed by atoms with E-state index in [9.17, 15) is 9.59 Å². The zero-order chi connectivity index (χ0) is 19.7. The molecule has 28 heavy (non-hydrogen) atoms. The number of carbonyl (C=O) groups excluding carboxylic acids is 2. The van der Waals surface area contributed by atoms with E-state index in [4.69, 9.17) is 5.10 Å². The van der Waals surface area contributed by atoms with Crippen LogP contribution in [0.1, 0.15) is 59.9 Å². The van der Waals surface area contributed by atoms with Crippen LogP contribution in [0.4, 0.5) is 0 Å². The van der Waals surface area contributed by atoms with Gasteiger partial charge in [0, 0.05) is 36.8 Å². The average molecular weight is 380 g/mol. The molecule has 1 fully saturated rings. The van der Waals surface area contributed by atoms with Crippen LogP contribution in [-0.2, 0) is 17.6 Å². The van der Waals surface area contributed by atoms with Crippen molar-refractivity contribution in [3.8, 4) is 5.69 Å². The molecule has 2 aliphatic rings. The molecule has 1 saturated heterocycles. The molecule has 0 saturated carbocycles. The van der Waals surface area contributed by atoms with Gasteiger partial charge >= 0.3 is 0 Å². The van der Waals surface area contributed by atoms with Crippen LogP contribution in [-0.4, -0.2) is 45.6 Å². The smallest absolute Gasteiger partial charge is 0.274 e. The van der Waals surface area contributed by atoms with Gasteiger partial charge in [-0.1, -0.05) is 25.1 Å². The molecule has 2 aromatic rings. The van der Waals surface area contributed by atoms with E-state index >= 15 is 0 Å². The van der Waals surface area contributed by atoms with Crippen molar-refractivity contribution in [3.63, 3.8) is 0 Å². The van der Waals surface area contributed by atoms with Crippen LogP contribution >= 0.6 is 0 Å². The molecule has 1 aromatic heterocycles. The highest BCUT2D eigenvalue weighted by Gasteiger charge is 2.32. The van der Waals surface area contributed by atoms with Crippen molar-refractivity contribution in [3.05, 3.63) is 46.8 Å². The molecule has 2 amide bonds. The maximum atomic E-state index is 13.3. The molecule has 0 spiro atoms. The SMILES string of the molecule is CCC(=O)N[C@@H]1CCCN(C(=O)c2nn(-c3ccccc3C)c3c2CCC3)C1. The Hall–Kier alpha value is -2.63. The monoisotopic (exact) mass is 380 g/mol. The lowest BCUT2D eigenvalue weighted by molar-refractivity contribution is -0.121. The van der Waals surface area contributed by atoms with E-state index in [-0.39, 0.29) is 17.9 Å². The second kappa shape index (κ2) is 7.78. The van der Waals surface area contributed by atoms with Gasteiger partial charge in [-0.15, -0.1) is 0 Å². The molecule has 4 rings (SSSR count). The lowest BCUT2D eigenvalue weighted by Gasteiger charge is -2.33. The summed E-state index contributed by atoms with van der Waals surface area (Å²) in [6.45, 7) is 5.22. The molecule has 1 N–H and O–H groups in total. The van der Waals surface area contributed by atoms with Crippen molar-refractivity contribution in [2.45, 2.75) is 58.4 Å². The number of likely N-dealkylation sites (tertiary alicyclic amines) is 1. The summed E-state index contributed by atoms with van der Waals surface area (Å²) < 4.78 is 1.98. The van der Waals surface area contributed by atoms with Crippen LogP contribution < -0.4 is 5.32 Å². The summed E-state index contributed by atoms with van der Waals surface area (Å²) in [5.41, 5.74) is 5.07. The number of piperidine rings is 1. The molecular weight excluding hydrogens is 352 g/mol. The fourth-order valence-electron chi connectivity index (χ4n) is 4.37. The number of rotatable bonds is 4. The normalized spacial score (nSPS) is 18.8. The number of nitrogens with one attached hydrogen (secondary N) is 1. The lowest BCUT2D eigenvalue weighted by Crippen LogP contribution is -2.49. The van der Waals surface area contributed by atoms with Gasteiger partial charge in [0.05, 0.1) is 5.69 Å². The number of nitrogens with zero attached hydrogens (tertiary/aromatic N) is 3. The van der Waals surface area contributed by atoms with Crippen molar-refractivity contribution in [1.82, 2.24) is 20.0 Å². The Kier molecular flexibility index (Phi) is 5.20. The zero-order valence-corrected chi connectivity index (χ0v) is 16.7. The van der Waals surface area contributed by atoms with E-state index in [1.807, 2.05) is 28.6 Å². The first kappa shape index (κ1) is 18.7. The number of benzene rings is 1. The van der Waals surface area contributed by atoms with Crippen LogP contribution in [0.5, 0.6) is 0 Å². The number of amides is 2. The number of hydrogen-bond donors (Lipinski definition) is 1. The Morgan fingerprint density at radius 3 is 2.82 bits per heavy atom. The zero-order valence-electron chi connectivity index (χ0n) is 16.7. The summed E-state index contributed by atoms with van der Waals surface area (Å²) in [6.07, 6.45) is 5.23. The van der Waals surface area contributed by atoms with Gasteiger partial charge in [0.1, 0.15) is 0 Å². The van der Waals surface area contributed by atoms with E-state index in [0.717, 1.165) is 55.5 Å². The summed E-state index contributed by atoms with van der Waals surface area (Å²) in [6, 6.07) is 8.21. The first-order chi connectivity index (χ1) is 13.6. The second-order valence-corrected chi connectivity index (χ2v) is 7.84. The molecular formula is C22H28N4O2. The molecule has 1 atom stereocenters. The van der Waals surface area contributed by atoms with Gasteiger partial charge in [0.15, 0.2) is 5.69 Å². The van der Waals surface area contributed by atoms with Crippen LogP contribution in [0.15, 0.2) is 24.3 Å². The number of carbonyl (C=O) groups is 2. The third-order valence-electron chi connectivity index (χ3n) is 5.87. The predicted octanol–water partition coefficient (Wildman–Crippen LogP) is 2.80. The number of hydrogen-bond acceptors (Lipinski definition) is 3. The van der Waals surface area contributed by atoms with Gasteiger partial charge in [0.25, 0.3) is 5.91 Å². The van der Waals surface area contributed by atoms with Crippen molar-refractivity contribution in [2.24, 2.45) is 0 Å². The van der Waals surface area contributed by atoms with Gasteiger partial charge in [-0.05, 0) is 50.7 Å². The number of para-hydroxylation sites is 1. The molecule has 1 aromatic carbocycles. The first-order valence-corrected chi connectivity index (χ1v) is 10.3. The van der Waals surface area contributed by atoms with E-state index in [1.165, 1.54) is 5.69 Å². The van der Waals surface area contributed by atoms with Crippen molar-refractivity contribution in [1.29, 1.82) is 0 Å². The fourth-order valence-corrected chi connectivity index (χ4v) is 4.37. The second-order valence-electron chi connectivity index (χ2n) is 7.84. The molecule has 2 heterocycles. The maximum Gasteiger partial charge on any atom is 0.274 e. The standard InChI is InChI=1S/C22H28N4O2/c1-3-20(27)23-16-9-7-13-25(14-16)22(28)21-17-10-6-12-19(17)26(24-21)18-11-5-4-8-15(18)2/h4-5,8,11,16H,3,6-7,9-10,12-14H2,1-2H3,(H,23,27)/t16-/m1/s1. The molecule has 6 nitrogen and oxygen atoms in total.